The van der Waals surface area contributed by atoms with Gasteiger partial charge in [-0.15, -0.1) is 0 Å². The van der Waals surface area contributed by atoms with E-state index in [4.69, 9.17) is 0 Å². The molecule has 0 fully saturated rings. The van der Waals surface area contributed by atoms with Crippen molar-refractivity contribution in [3.05, 3.63) is 87.5 Å². The number of benzene rings is 2. The van der Waals surface area contributed by atoms with E-state index in [-0.39, 0.29) is 0 Å². The fourth-order valence-corrected chi connectivity index (χ4v) is 6.85. The molecule has 0 saturated heterocycles. The van der Waals surface area contributed by atoms with E-state index in [0.717, 1.165) is 65.8 Å². The maximum Gasteiger partial charge on any atom is 0.223 e. The quantitative estimate of drug-likeness (QED) is 0.0624. The average molecular weight is 635 g/mol. The molecule has 2 heteroatoms. The molecule has 0 spiro atoms. The summed E-state index contributed by atoms with van der Waals surface area (Å²) in [5.74, 6) is 7.11. The summed E-state index contributed by atoms with van der Waals surface area (Å²) in [6, 6.07) is 17.8. The lowest BCUT2D eigenvalue weighted by Gasteiger charge is -2.10. The Morgan fingerprint density at radius 1 is 0.489 bits per heavy atom. The second-order valence-electron chi connectivity index (χ2n) is 13.8. The van der Waals surface area contributed by atoms with Gasteiger partial charge in [-0.3, -0.25) is 0 Å². The zero-order valence-corrected chi connectivity index (χ0v) is 30.8. The van der Waals surface area contributed by atoms with Crippen LogP contribution < -0.4 is 0 Å². The number of nitrogens with zero attached hydrogens (tertiary/aromatic N) is 2. The average Bonchev–Trinajstić information content (AvgIpc) is 3.38. The van der Waals surface area contributed by atoms with Gasteiger partial charge in [0.15, 0.2) is 0 Å². The summed E-state index contributed by atoms with van der Waals surface area (Å²) in [4.78, 5) is 0. The summed E-state index contributed by atoms with van der Waals surface area (Å²) in [7, 11) is 0. The third-order valence-corrected chi connectivity index (χ3v) is 9.81. The molecule has 47 heavy (non-hydrogen) atoms. The Kier molecular flexibility index (Phi) is 19.2. The lowest BCUT2D eigenvalue weighted by atomic mass is 9.96. The summed E-state index contributed by atoms with van der Waals surface area (Å²) in [6.07, 6.45) is 29.0. The molecule has 0 amide bonds. The first kappa shape index (κ1) is 38.5. The Bertz CT molecular complexity index is 1300. The van der Waals surface area contributed by atoms with Gasteiger partial charge in [0.2, 0.25) is 11.4 Å². The Morgan fingerprint density at radius 2 is 0.894 bits per heavy atom. The van der Waals surface area contributed by atoms with Crippen molar-refractivity contribution in [3.63, 3.8) is 0 Å². The number of hydrogen-bond acceptors (Lipinski definition) is 0. The van der Waals surface area contributed by atoms with Crippen molar-refractivity contribution < 1.29 is 4.70 Å². The Balaban J connectivity index is 1.71. The van der Waals surface area contributed by atoms with Crippen LogP contribution in [0.2, 0.25) is 0 Å². The highest BCUT2D eigenvalue weighted by atomic mass is 15.2. The predicted molar refractivity (Wildman–Crippen MR) is 205 cm³/mol. The maximum atomic E-state index is 11.8. The monoisotopic (exact) mass is 635 g/mol. The molecule has 0 atom stereocenters. The largest absolute Gasteiger partial charge is 0.493 e. The van der Waals surface area contributed by atoms with Crippen LogP contribution in [-0.4, -0.2) is 4.70 Å². The smallest absolute Gasteiger partial charge is 0.223 e. The molecular formula is C45H66N2. The van der Waals surface area contributed by atoms with E-state index in [1.54, 1.807) is 0 Å². The Morgan fingerprint density at radius 3 is 1.34 bits per heavy atom. The molecule has 1 aliphatic heterocycles. The van der Waals surface area contributed by atoms with Crippen molar-refractivity contribution >= 4 is 11.4 Å². The molecule has 0 aromatic heterocycles. The molecule has 1 aliphatic rings. The van der Waals surface area contributed by atoms with Gasteiger partial charge in [-0.25, -0.2) is 4.70 Å². The zero-order chi connectivity index (χ0) is 33.5. The molecule has 0 N–H and O–H groups in total. The first-order valence-electron chi connectivity index (χ1n) is 19.8. The summed E-state index contributed by atoms with van der Waals surface area (Å²) in [5.41, 5.74) is 20.5. The van der Waals surface area contributed by atoms with Crippen LogP contribution in [0.5, 0.6) is 0 Å². The molecule has 0 aliphatic carbocycles. The van der Waals surface area contributed by atoms with E-state index in [1.807, 2.05) is 0 Å². The van der Waals surface area contributed by atoms with E-state index < -0.39 is 0 Å². The van der Waals surface area contributed by atoms with Gasteiger partial charge in [0.1, 0.15) is 5.57 Å². The summed E-state index contributed by atoms with van der Waals surface area (Å²) in [5, 5.41) is 0. The summed E-state index contributed by atoms with van der Waals surface area (Å²) in [6.45, 7) is 9.01. The van der Waals surface area contributed by atoms with E-state index in [2.05, 4.69) is 88.1 Å². The molecule has 3 rings (SSSR count). The fourth-order valence-electron chi connectivity index (χ4n) is 6.85. The second-order valence-corrected chi connectivity index (χ2v) is 13.8. The highest BCUT2D eigenvalue weighted by Crippen LogP contribution is 2.41. The molecule has 256 valence electrons. The van der Waals surface area contributed by atoms with Crippen LogP contribution in [0.3, 0.4) is 0 Å². The van der Waals surface area contributed by atoms with Gasteiger partial charge >= 0.3 is 0 Å². The van der Waals surface area contributed by atoms with Gasteiger partial charge in [-0.05, 0) is 73.9 Å². The van der Waals surface area contributed by atoms with Crippen LogP contribution in [0.4, 0.5) is 0 Å². The highest BCUT2D eigenvalue weighted by molar-refractivity contribution is 5.85. The van der Waals surface area contributed by atoms with Crippen molar-refractivity contribution in [1.29, 1.82) is 0 Å². The third kappa shape index (κ3) is 13.2. The van der Waals surface area contributed by atoms with Gasteiger partial charge in [0, 0.05) is 23.1 Å². The summed E-state index contributed by atoms with van der Waals surface area (Å²) < 4.78 is 1.44. The van der Waals surface area contributed by atoms with E-state index in [0.29, 0.717) is 0 Å². The molecular weight excluding hydrogens is 569 g/mol. The van der Waals surface area contributed by atoms with Gasteiger partial charge in [0.25, 0.3) is 0 Å². The van der Waals surface area contributed by atoms with Gasteiger partial charge in [0.05, 0.1) is 0 Å². The number of aryl methyl sites for hydroxylation is 2. The van der Waals surface area contributed by atoms with Crippen LogP contribution in [0.1, 0.15) is 185 Å². The topological polar surface area (TPSA) is 25.3 Å². The SMILES string of the molecule is CCCCCCCCCCCCCC#CC1=C(c2ccc(CCCCCC)cc2)[N+](=[N-])C(c2ccc(CCCCCC)cc2)=C1CC. The molecule has 0 radical (unpaired) electrons. The minimum atomic E-state index is 0.826. The van der Waals surface area contributed by atoms with Crippen LogP contribution >= 0.6 is 0 Å². The maximum absolute atomic E-state index is 11.8. The van der Waals surface area contributed by atoms with E-state index >= 15 is 0 Å². The van der Waals surface area contributed by atoms with Crippen molar-refractivity contribution in [2.24, 2.45) is 0 Å². The second kappa shape index (κ2) is 23.4. The van der Waals surface area contributed by atoms with Crippen LogP contribution in [0.25, 0.3) is 16.9 Å². The summed E-state index contributed by atoms with van der Waals surface area (Å²) >= 11 is 0. The third-order valence-electron chi connectivity index (χ3n) is 9.81. The fraction of sp³-hybridized carbons (Fsp3) is 0.600. The standard InChI is InChI=1S/C45H66N2/c1-5-9-12-15-16-17-18-19-20-21-22-23-26-29-43-42(8-4)44(40-34-30-38(31-35-40)27-24-13-10-6-2)47(46)45(43)41-36-32-39(33-37-41)28-25-14-11-7-3/h30-37H,5-25,27-28H2,1-4H3. The highest BCUT2D eigenvalue weighted by Gasteiger charge is 2.34. The Labute approximate surface area is 290 Å². The van der Waals surface area contributed by atoms with E-state index in [9.17, 15) is 5.53 Å². The van der Waals surface area contributed by atoms with Gasteiger partial charge in [-0.2, -0.15) is 0 Å². The Hall–Kier alpha value is -2.92. The molecule has 2 aromatic rings. The molecule has 0 saturated carbocycles. The van der Waals surface area contributed by atoms with Crippen molar-refractivity contribution in [3.8, 4) is 11.8 Å². The number of hydrogen-bond donors (Lipinski definition) is 0. The number of unbranched alkanes of at least 4 members (excludes halogenated alkanes) is 17. The number of allylic oxidation sites excluding steroid dienone is 2. The van der Waals surface area contributed by atoms with Crippen LogP contribution in [0, 0.1) is 11.8 Å². The molecule has 0 unspecified atom stereocenters. The van der Waals surface area contributed by atoms with Crippen LogP contribution in [0.15, 0.2) is 59.7 Å². The minimum Gasteiger partial charge on any atom is -0.493 e. The van der Waals surface area contributed by atoms with Crippen molar-refractivity contribution in [2.45, 2.75) is 175 Å². The van der Waals surface area contributed by atoms with Crippen molar-refractivity contribution in [2.75, 3.05) is 0 Å². The van der Waals surface area contributed by atoms with Gasteiger partial charge < -0.3 is 5.53 Å². The molecule has 2 aromatic carbocycles. The lowest BCUT2D eigenvalue weighted by Crippen LogP contribution is -2.03. The molecule has 1 heterocycles. The minimum absolute atomic E-state index is 0.826. The molecule has 0 bridgehead atoms. The molecule has 2 nitrogen and oxygen atoms in total. The van der Waals surface area contributed by atoms with E-state index in [1.165, 1.54) is 131 Å². The first-order chi connectivity index (χ1) is 23.1. The van der Waals surface area contributed by atoms with Crippen LogP contribution in [-0.2, 0) is 12.8 Å². The van der Waals surface area contributed by atoms with Crippen molar-refractivity contribution in [1.82, 2.24) is 0 Å². The zero-order valence-electron chi connectivity index (χ0n) is 30.8. The van der Waals surface area contributed by atoms with Gasteiger partial charge in [-0.1, -0.05) is 167 Å². The first-order valence-corrected chi connectivity index (χ1v) is 19.8. The lowest BCUT2D eigenvalue weighted by molar-refractivity contribution is -0.345. The predicted octanol–water partition coefficient (Wildman–Crippen LogP) is 14.2. The number of rotatable bonds is 24. The normalized spacial score (nSPS) is 13.1.